The molecule has 0 unspecified atom stereocenters. The largest absolute Gasteiger partial charge is 0.342 e. The topological polar surface area (TPSA) is 54.5 Å². The Balaban J connectivity index is 1.35. The van der Waals surface area contributed by atoms with E-state index in [-0.39, 0.29) is 0 Å². The van der Waals surface area contributed by atoms with Crippen LogP contribution in [0.5, 0.6) is 0 Å². The number of imidazole rings is 1. The van der Waals surface area contributed by atoms with Crippen LogP contribution >= 0.6 is 22.6 Å². The van der Waals surface area contributed by atoms with Gasteiger partial charge in [-0.2, -0.15) is 0 Å². The van der Waals surface area contributed by atoms with Crippen LogP contribution in [0.3, 0.4) is 0 Å². The summed E-state index contributed by atoms with van der Waals surface area (Å²) in [5, 5.41) is 1.08. The highest BCUT2D eigenvalue weighted by Gasteiger charge is 2.13. The van der Waals surface area contributed by atoms with Crippen LogP contribution in [0.1, 0.15) is 5.82 Å². The number of nitrogens with one attached hydrogen (secondary N) is 1. The summed E-state index contributed by atoms with van der Waals surface area (Å²) < 4.78 is 0.960. The van der Waals surface area contributed by atoms with Gasteiger partial charge in [-0.15, -0.1) is 0 Å². The first-order valence-corrected chi connectivity index (χ1v) is 12.5. The van der Waals surface area contributed by atoms with Gasteiger partial charge in [0, 0.05) is 22.1 Å². The van der Waals surface area contributed by atoms with Crippen molar-refractivity contribution in [3.8, 4) is 45.0 Å². The van der Waals surface area contributed by atoms with E-state index in [2.05, 4.69) is 94.3 Å². The molecule has 0 fully saturated rings. The molecule has 0 aliphatic rings. The lowest BCUT2D eigenvalue weighted by molar-refractivity contribution is 1.15. The predicted molar refractivity (Wildman–Crippen MR) is 151 cm³/mol. The predicted octanol–water partition coefficient (Wildman–Crippen LogP) is 7.93. The zero-order valence-corrected chi connectivity index (χ0v) is 21.2. The van der Waals surface area contributed by atoms with Gasteiger partial charge in [0.2, 0.25) is 0 Å². The van der Waals surface area contributed by atoms with Gasteiger partial charge >= 0.3 is 0 Å². The van der Waals surface area contributed by atoms with Crippen molar-refractivity contribution in [1.82, 2.24) is 19.9 Å². The molecule has 1 N–H and O–H groups in total. The van der Waals surface area contributed by atoms with E-state index in [1.165, 1.54) is 0 Å². The van der Waals surface area contributed by atoms with E-state index in [0.29, 0.717) is 0 Å². The fraction of sp³-hybridized carbons (Fsp3) is 0.0333. The highest BCUT2D eigenvalue weighted by molar-refractivity contribution is 14.1. The molecule has 35 heavy (non-hydrogen) atoms. The second-order valence-corrected chi connectivity index (χ2v) is 9.45. The molecule has 0 aliphatic carbocycles. The monoisotopic (exact) mass is 564 g/mol. The van der Waals surface area contributed by atoms with Gasteiger partial charge in [-0.05, 0) is 52.8 Å². The van der Waals surface area contributed by atoms with Crippen molar-refractivity contribution >= 4 is 33.5 Å². The number of aromatic nitrogens is 4. The molecule has 168 valence electrons. The Hall–Kier alpha value is -3.84. The Bertz CT molecular complexity index is 1650. The standard InChI is InChI=1S/C30H21IN4/c1-19-32-27(21-8-3-2-4-9-21)28(33-19)22-16-14-20(15-17-22)23-10-7-11-24(18-23)30-34-26-13-6-5-12-25(26)29(31)35-30/h2-18H,1H3,(H,32,33). The zero-order chi connectivity index (χ0) is 23.8. The van der Waals surface area contributed by atoms with Crippen LogP contribution < -0.4 is 0 Å². The molecule has 0 atom stereocenters. The van der Waals surface area contributed by atoms with Crippen LogP contribution in [-0.4, -0.2) is 19.9 Å². The molecular formula is C30H21IN4. The van der Waals surface area contributed by atoms with E-state index in [1.807, 2.05) is 43.3 Å². The summed E-state index contributed by atoms with van der Waals surface area (Å²) in [6.45, 7) is 1.99. The molecule has 2 heterocycles. The van der Waals surface area contributed by atoms with E-state index in [1.54, 1.807) is 0 Å². The normalized spacial score (nSPS) is 11.1. The Kier molecular flexibility index (Phi) is 5.62. The molecule has 0 saturated heterocycles. The van der Waals surface area contributed by atoms with Gasteiger partial charge in [0.15, 0.2) is 5.82 Å². The van der Waals surface area contributed by atoms with E-state index in [9.17, 15) is 0 Å². The first kappa shape index (κ1) is 21.7. The molecule has 6 rings (SSSR count). The molecular weight excluding hydrogens is 543 g/mol. The minimum atomic E-state index is 0.743. The van der Waals surface area contributed by atoms with Crippen molar-refractivity contribution in [3.63, 3.8) is 0 Å². The van der Waals surface area contributed by atoms with Gasteiger partial charge in [0.25, 0.3) is 0 Å². The Morgan fingerprint density at radius 1 is 0.600 bits per heavy atom. The van der Waals surface area contributed by atoms with Gasteiger partial charge in [-0.1, -0.05) is 91.0 Å². The zero-order valence-electron chi connectivity index (χ0n) is 19.0. The molecule has 0 amide bonds. The first-order valence-electron chi connectivity index (χ1n) is 11.4. The third-order valence-corrected chi connectivity index (χ3v) is 6.88. The number of nitrogens with zero attached hydrogens (tertiary/aromatic N) is 3. The second kappa shape index (κ2) is 9.07. The summed E-state index contributed by atoms with van der Waals surface area (Å²) >= 11 is 2.29. The van der Waals surface area contributed by atoms with E-state index in [0.717, 1.165) is 65.5 Å². The van der Waals surface area contributed by atoms with Gasteiger partial charge in [0.1, 0.15) is 9.53 Å². The van der Waals surface area contributed by atoms with Gasteiger partial charge in [-0.25, -0.2) is 15.0 Å². The lowest BCUT2D eigenvalue weighted by Crippen LogP contribution is -1.94. The third-order valence-electron chi connectivity index (χ3n) is 6.05. The number of aryl methyl sites for hydroxylation is 1. The number of aromatic amines is 1. The molecule has 6 aromatic rings. The third kappa shape index (κ3) is 4.23. The van der Waals surface area contributed by atoms with Gasteiger partial charge < -0.3 is 4.98 Å². The quantitative estimate of drug-likeness (QED) is 0.175. The number of rotatable bonds is 4. The van der Waals surface area contributed by atoms with Gasteiger partial charge in [-0.3, -0.25) is 0 Å². The van der Waals surface area contributed by atoms with Crippen LogP contribution in [0.2, 0.25) is 0 Å². The molecule has 0 radical (unpaired) electrons. The Morgan fingerprint density at radius 3 is 2.11 bits per heavy atom. The van der Waals surface area contributed by atoms with Gasteiger partial charge in [0.05, 0.1) is 16.9 Å². The highest BCUT2D eigenvalue weighted by atomic mass is 127. The lowest BCUT2D eigenvalue weighted by atomic mass is 9.99. The summed E-state index contributed by atoms with van der Waals surface area (Å²) in [6, 6.07) is 35.4. The van der Waals surface area contributed by atoms with Crippen LogP contribution in [0, 0.1) is 10.6 Å². The van der Waals surface area contributed by atoms with Crippen molar-refractivity contribution in [2.75, 3.05) is 0 Å². The average Bonchev–Trinajstić information content (AvgIpc) is 3.31. The van der Waals surface area contributed by atoms with Crippen molar-refractivity contribution < 1.29 is 0 Å². The first-order chi connectivity index (χ1) is 17.2. The van der Waals surface area contributed by atoms with Crippen LogP contribution in [0.4, 0.5) is 0 Å². The number of hydrogen-bond acceptors (Lipinski definition) is 3. The van der Waals surface area contributed by atoms with Crippen LogP contribution in [-0.2, 0) is 0 Å². The second-order valence-electron chi connectivity index (χ2n) is 8.43. The van der Waals surface area contributed by atoms with Crippen molar-refractivity contribution in [2.45, 2.75) is 6.92 Å². The molecule has 0 saturated carbocycles. The molecule has 0 aliphatic heterocycles. The summed E-state index contributed by atoms with van der Waals surface area (Å²) in [7, 11) is 0. The fourth-order valence-corrected chi connectivity index (χ4v) is 5.02. The highest BCUT2D eigenvalue weighted by Crippen LogP contribution is 2.32. The summed E-state index contributed by atoms with van der Waals surface area (Å²) in [5.74, 6) is 1.65. The number of halogens is 1. The summed E-state index contributed by atoms with van der Waals surface area (Å²) in [4.78, 5) is 17.8. The summed E-state index contributed by atoms with van der Waals surface area (Å²) in [5.41, 5.74) is 8.46. The maximum Gasteiger partial charge on any atom is 0.160 e. The Labute approximate surface area is 217 Å². The maximum atomic E-state index is 4.81. The number of benzene rings is 4. The van der Waals surface area contributed by atoms with Crippen molar-refractivity contribution in [2.24, 2.45) is 0 Å². The van der Waals surface area contributed by atoms with Crippen molar-refractivity contribution in [3.05, 3.63) is 113 Å². The van der Waals surface area contributed by atoms with Crippen molar-refractivity contribution in [1.29, 1.82) is 0 Å². The smallest absolute Gasteiger partial charge is 0.160 e. The number of fused-ring (bicyclic) bond motifs is 1. The van der Waals surface area contributed by atoms with E-state index in [4.69, 9.17) is 15.0 Å². The van der Waals surface area contributed by atoms with E-state index >= 15 is 0 Å². The maximum absolute atomic E-state index is 4.81. The number of H-pyrrole nitrogens is 1. The average molecular weight is 564 g/mol. The molecule has 2 aromatic heterocycles. The van der Waals surface area contributed by atoms with E-state index < -0.39 is 0 Å². The molecule has 4 aromatic carbocycles. The number of para-hydroxylation sites is 1. The molecule has 4 nitrogen and oxygen atoms in total. The van der Waals surface area contributed by atoms with Crippen LogP contribution in [0.15, 0.2) is 103 Å². The molecule has 0 spiro atoms. The van der Waals surface area contributed by atoms with Crippen LogP contribution in [0.25, 0.3) is 55.9 Å². The Morgan fingerprint density at radius 2 is 1.29 bits per heavy atom. The SMILES string of the molecule is Cc1nc(-c2ccccc2)c(-c2ccc(-c3cccc(-c4nc(I)c5ccccc5n4)c3)cc2)[nH]1. The molecule has 0 bridgehead atoms. The minimum Gasteiger partial charge on any atom is -0.342 e. The summed E-state index contributed by atoms with van der Waals surface area (Å²) in [6.07, 6.45) is 0. The molecule has 5 heteroatoms. The minimum absolute atomic E-state index is 0.743. The lowest BCUT2D eigenvalue weighted by Gasteiger charge is -2.08. The fourth-order valence-electron chi connectivity index (χ4n) is 4.34. The number of hydrogen-bond donors (Lipinski definition) is 1.